The van der Waals surface area contributed by atoms with Gasteiger partial charge >= 0.3 is 5.97 Å². The Morgan fingerprint density at radius 1 is 1.35 bits per heavy atom. The number of nitrogens with zero attached hydrogens (tertiary/aromatic N) is 1. The maximum Gasteiger partial charge on any atom is 0.360 e. The molecule has 1 aromatic rings. The summed E-state index contributed by atoms with van der Waals surface area (Å²) in [5.74, 6) is -1.16. The van der Waals surface area contributed by atoms with Crippen molar-refractivity contribution in [3.05, 3.63) is 45.6 Å². The van der Waals surface area contributed by atoms with Crippen LogP contribution >= 0.6 is 22.6 Å². The van der Waals surface area contributed by atoms with Crippen LogP contribution in [-0.2, 0) is 9.63 Å². The number of rotatable bonds is 4. The molecule has 17 heavy (non-hydrogen) atoms. The molecule has 0 bridgehead atoms. The van der Waals surface area contributed by atoms with Gasteiger partial charge < -0.3 is 4.84 Å². The highest BCUT2D eigenvalue weighted by Crippen LogP contribution is 2.12. The van der Waals surface area contributed by atoms with E-state index in [-0.39, 0.29) is 5.57 Å². The monoisotopic (exact) mass is 345 g/mol. The summed E-state index contributed by atoms with van der Waals surface area (Å²) in [5.41, 5.74) is 0.248. The highest BCUT2D eigenvalue weighted by Gasteiger charge is 2.19. The van der Waals surface area contributed by atoms with Crippen LogP contribution in [0.15, 0.2) is 36.4 Å². The number of hydroxylamine groups is 2. The molecule has 0 spiro atoms. The maximum absolute atomic E-state index is 11.9. The van der Waals surface area contributed by atoms with Crippen LogP contribution in [0.2, 0.25) is 0 Å². The summed E-state index contributed by atoms with van der Waals surface area (Å²) in [6.07, 6.45) is 0. The van der Waals surface area contributed by atoms with E-state index in [0.29, 0.717) is 5.56 Å². The van der Waals surface area contributed by atoms with E-state index < -0.39 is 11.8 Å². The van der Waals surface area contributed by atoms with Crippen LogP contribution < -0.4 is 0 Å². The van der Waals surface area contributed by atoms with Crippen LogP contribution in [0.5, 0.6) is 0 Å². The van der Waals surface area contributed by atoms with E-state index >= 15 is 0 Å². The van der Waals surface area contributed by atoms with Crippen LogP contribution in [-0.4, -0.2) is 30.9 Å². The van der Waals surface area contributed by atoms with Gasteiger partial charge in [0.1, 0.15) is 5.57 Å². The molecule has 0 amide bonds. The number of halogens is 1. The fourth-order valence-electron chi connectivity index (χ4n) is 1.12. The predicted octanol–water partition coefficient (Wildman–Crippen LogP) is 2.05. The second kappa shape index (κ2) is 5.92. The van der Waals surface area contributed by atoms with E-state index in [4.69, 9.17) is 4.84 Å². The Bertz CT molecular complexity index is 469. The topological polar surface area (TPSA) is 46.6 Å². The van der Waals surface area contributed by atoms with E-state index in [0.717, 1.165) is 3.57 Å². The fraction of sp³-hybridized carbons (Fsp3) is 0.167. The zero-order chi connectivity index (χ0) is 13.0. The van der Waals surface area contributed by atoms with Gasteiger partial charge in [-0.1, -0.05) is 18.7 Å². The zero-order valence-electron chi connectivity index (χ0n) is 9.57. The first kappa shape index (κ1) is 13.9. The molecule has 1 rings (SSSR count). The van der Waals surface area contributed by atoms with Crippen LogP contribution in [0.4, 0.5) is 0 Å². The lowest BCUT2D eigenvalue weighted by Crippen LogP contribution is -2.23. The molecule has 0 aliphatic carbocycles. The Morgan fingerprint density at radius 3 is 2.53 bits per heavy atom. The average Bonchev–Trinajstić information content (AvgIpc) is 2.26. The first-order chi connectivity index (χ1) is 7.91. The van der Waals surface area contributed by atoms with Gasteiger partial charge in [-0.25, -0.2) is 4.79 Å². The van der Waals surface area contributed by atoms with Crippen molar-refractivity contribution in [3.8, 4) is 0 Å². The molecule has 5 heteroatoms. The van der Waals surface area contributed by atoms with Crippen molar-refractivity contribution in [2.45, 2.75) is 0 Å². The van der Waals surface area contributed by atoms with Gasteiger partial charge in [-0.2, -0.15) is 0 Å². The largest absolute Gasteiger partial charge is 0.364 e. The average molecular weight is 345 g/mol. The van der Waals surface area contributed by atoms with Gasteiger partial charge in [-0.3, -0.25) is 4.79 Å². The number of ketones is 1. The highest BCUT2D eigenvalue weighted by atomic mass is 127. The lowest BCUT2D eigenvalue weighted by atomic mass is 10.1. The number of carbonyl (C=O) groups is 2. The zero-order valence-corrected chi connectivity index (χ0v) is 11.7. The molecule has 0 saturated carbocycles. The number of hydrogen-bond donors (Lipinski definition) is 0. The molecule has 0 aromatic heterocycles. The van der Waals surface area contributed by atoms with Crippen molar-refractivity contribution in [3.63, 3.8) is 0 Å². The first-order valence-electron chi connectivity index (χ1n) is 4.80. The van der Waals surface area contributed by atoms with Crippen LogP contribution in [0.1, 0.15) is 10.4 Å². The van der Waals surface area contributed by atoms with Crippen molar-refractivity contribution < 1.29 is 14.4 Å². The summed E-state index contributed by atoms with van der Waals surface area (Å²) in [6, 6.07) is 6.94. The summed E-state index contributed by atoms with van der Waals surface area (Å²) in [4.78, 5) is 28.1. The SMILES string of the molecule is C=C(C(=O)ON(C)C)C(=O)c1cccc(I)c1. The maximum atomic E-state index is 11.9. The van der Waals surface area contributed by atoms with Gasteiger partial charge in [0.15, 0.2) is 5.78 Å². The molecule has 90 valence electrons. The molecule has 1 aromatic carbocycles. The minimum Gasteiger partial charge on any atom is -0.364 e. The van der Waals surface area contributed by atoms with Gasteiger partial charge in [0.25, 0.3) is 0 Å². The molecule has 4 nitrogen and oxygen atoms in total. The second-order valence-corrected chi connectivity index (χ2v) is 4.75. The Morgan fingerprint density at radius 2 is 2.00 bits per heavy atom. The van der Waals surface area contributed by atoms with Gasteiger partial charge in [0.2, 0.25) is 0 Å². The molecule has 0 aliphatic heterocycles. The molecule has 0 unspecified atom stereocenters. The summed E-state index contributed by atoms with van der Waals surface area (Å²) >= 11 is 2.09. The van der Waals surface area contributed by atoms with Crippen LogP contribution in [0.3, 0.4) is 0 Å². The highest BCUT2D eigenvalue weighted by molar-refractivity contribution is 14.1. The van der Waals surface area contributed by atoms with E-state index in [2.05, 4.69) is 29.2 Å². The van der Waals surface area contributed by atoms with Gasteiger partial charge in [0, 0.05) is 23.2 Å². The van der Waals surface area contributed by atoms with E-state index in [9.17, 15) is 9.59 Å². The normalized spacial score (nSPS) is 10.1. The number of hydrogen-bond acceptors (Lipinski definition) is 4. The number of benzene rings is 1. The first-order valence-corrected chi connectivity index (χ1v) is 5.88. The van der Waals surface area contributed by atoms with Crippen molar-refractivity contribution in [1.29, 1.82) is 0 Å². The molecule has 0 heterocycles. The molecular formula is C12H12INO3. The minimum absolute atomic E-state index is 0.180. The Kier molecular flexibility index (Phi) is 4.83. The van der Waals surface area contributed by atoms with Crippen LogP contribution in [0.25, 0.3) is 0 Å². The minimum atomic E-state index is -0.737. The van der Waals surface area contributed by atoms with Gasteiger partial charge in [-0.05, 0) is 34.7 Å². The standard InChI is InChI=1S/C12H12INO3/c1-8(12(16)17-14(2)3)11(15)9-5-4-6-10(13)7-9/h4-7H,1H2,2-3H3. The molecule has 0 aliphatic rings. The predicted molar refractivity (Wildman–Crippen MR) is 72.4 cm³/mol. The molecule has 0 radical (unpaired) electrons. The number of Topliss-reactive ketones (excluding diaryl/α,β-unsaturated/α-hetero) is 1. The quantitative estimate of drug-likeness (QED) is 0.209. The number of carbonyl (C=O) groups excluding carboxylic acids is 2. The molecular weight excluding hydrogens is 333 g/mol. The van der Waals surface area contributed by atoms with Gasteiger partial charge in [-0.15, -0.1) is 5.06 Å². The van der Waals surface area contributed by atoms with E-state index in [1.165, 1.54) is 5.06 Å². The third kappa shape index (κ3) is 3.94. The van der Waals surface area contributed by atoms with Gasteiger partial charge in [0.05, 0.1) is 0 Å². The molecule has 0 fully saturated rings. The Labute approximate surface area is 113 Å². The summed E-state index contributed by atoms with van der Waals surface area (Å²) in [6.45, 7) is 3.46. The third-order valence-corrected chi connectivity index (χ3v) is 2.54. The summed E-state index contributed by atoms with van der Waals surface area (Å²) < 4.78 is 0.919. The Balaban J connectivity index is 2.84. The van der Waals surface area contributed by atoms with Crippen molar-refractivity contribution in [2.24, 2.45) is 0 Å². The van der Waals surface area contributed by atoms with Crippen molar-refractivity contribution in [1.82, 2.24) is 5.06 Å². The molecule has 0 N–H and O–H groups in total. The molecule has 0 saturated heterocycles. The van der Waals surface area contributed by atoms with E-state index in [1.54, 1.807) is 32.3 Å². The molecule has 0 atom stereocenters. The second-order valence-electron chi connectivity index (χ2n) is 3.51. The summed E-state index contributed by atoms with van der Waals surface area (Å²) in [7, 11) is 3.11. The smallest absolute Gasteiger partial charge is 0.360 e. The van der Waals surface area contributed by atoms with Crippen molar-refractivity contribution in [2.75, 3.05) is 14.1 Å². The lowest BCUT2D eigenvalue weighted by molar-refractivity contribution is -0.172. The van der Waals surface area contributed by atoms with Crippen LogP contribution in [0, 0.1) is 3.57 Å². The van der Waals surface area contributed by atoms with Crippen molar-refractivity contribution >= 4 is 34.3 Å². The lowest BCUT2D eigenvalue weighted by Gasteiger charge is -2.10. The third-order valence-electron chi connectivity index (χ3n) is 1.87. The Hall–Kier alpha value is -1.21. The fourth-order valence-corrected chi connectivity index (χ4v) is 1.66. The summed E-state index contributed by atoms with van der Waals surface area (Å²) in [5, 5.41) is 1.22. The van der Waals surface area contributed by atoms with E-state index in [1.807, 2.05) is 6.07 Å².